The van der Waals surface area contributed by atoms with E-state index in [0.717, 1.165) is 19.5 Å². The molecule has 0 aliphatic heterocycles. The van der Waals surface area contributed by atoms with Crippen molar-refractivity contribution in [2.45, 2.75) is 32.4 Å². The van der Waals surface area contributed by atoms with Crippen LogP contribution in [-0.4, -0.2) is 4.57 Å². The number of aromatic nitrogens is 2. The Morgan fingerprint density at radius 2 is 1.73 bits per heavy atom. The number of hydrogen-bond donors (Lipinski definition) is 0. The summed E-state index contributed by atoms with van der Waals surface area (Å²) in [4.78, 5) is 0. The van der Waals surface area contributed by atoms with E-state index in [1.54, 1.807) is 0 Å². The van der Waals surface area contributed by atoms with Crippen LogP contribution in [-0.2, 0) is 19.5 Å². The molecule has 2 nitrogen and oxygen atoms in total. The zero-order valence-electron chi connectivity index (χ0n) is 13.0. The lowest BCUT2D eigenvalue weighted by Gasteiger charge is -2.00. The summed E-state index contributed by atoms with van der Waals surface area (Å²) in [6, 6.07) is 19.3. The van der Waals surface area contributed by atoms with E-state index in [4.69, 9.17) is 0 Å². The molecule has 3 aromatic rings. The summed E-state index contributed by atoms with van der Waals surface area (Å²) in [5.41, 5.74) is 4.02. The monoisotopic (exact) mass is 291 g/mol. The van der Waals surface area contributed by atoms with Crippen LogP contribution >= 0.6 is 0 Å². The van der Waals surface area contributed by atoms with E-state index in [1.165, 1.54) is 29.4 Å². The SMILES string of the molecule is C=CC[n+]1cn(CCCCc2ccccc2)c2ccccc21. The molecule has 0 bridgehead atoms. The number of rotatable bonds is 7. The van der Waals surface area contributed by atoms with E-state index < -0.39 is 0 Å². The molecule has 0 unspecified atom stereocenters. The minimum Gasteiger partial charge on any atom is -0.230 e. The lowest BCUT2D eigenvalue weighted by molar-refractivity contribution is -0.661. The zero-order chi connectivity index (χ0) is 15.2. The Bertz CT molecular complexity index is 741. The van der Waals surface area contributed by atoms with Gasteiger partial charge in [0.1, 0.15) is 6.54 Å². The van der Waals surface area contributed by atoms with Crippen LogP contribution in [0.4, 0.5) is 0 Å². The number of para-hydroxylation sites is 2. The number of nitrogens with zero attached hydrogens (tertiary/aromatic N) is 2. The highest BCUT2D eigenvalue weighted by atomic mass is 15.1. The Balaban J connectivity index is 1.65. The standard InChI is InChI=1S/C20H23N2/c1-2-15-21-17-22(20-14-7-6-13-19(20)21)16-9-8-12-18-10-4-3-5-11-18/h2-7,10-11,13-14,17H,1,8-9,12,15-16H2/q+1. The number of imidazole rings is 1. The van der Waals surface area contributed by atoms with Gasteiger partial charge in [-0.2, -0.15) is 0 Å². The number of aryl methyl sites for hydroxylation is 2. The first-order chi connectivity index (χ1) is 10.9. The summed E-state index contributed by atoms with van der Waals surface area (Å²) >= 11 is 0. The number of allylic oxidation sites excluding steroid dienone is 1. The van der Waals surface area contributed by atoms with Crippen LogP contribution in [0.15, 0.2) is 73.6 Å². The smallest absolute Gasteiger partial charge is 0.230 e. The number of unbranched alkanes of at least 4 members (excludes halogenated alkanes) is 1. The van der Waals surface area contributed by atoms with Crippen LogP contribution in [0, 0.1) is 0 Å². The van der Waals surface area contributed by atoms with Crippen LogP contribution < -0.4 is 4.57 Å². The predicted octanol–water partition coefficient (Wildman–Crippen LogP) is 4.14. The second-order valence-corrected chi connectivity index (χ2v) is 5.68. The average Bonchev–Trinajstić information content (AvgIpc) is 2.91. The van der Waals surface area contributed by atoms with Crippen molar-refractivity contribution in [2.24, 2.45) is 0 Å². The maximum absolute atomic E-state index is 3.85. The lowest BCUT2D eigenvalue weighted by atomic mass is 10.1. The van der Waals surface area contributed by atoms with Gasteiger partial charge in [0.2, 0.25) is 6.33 Å². The van der Waals surface area contributed by atoms with Crippen LogP contribution in [0.1, 0.15) is 18.4 Å². The van der Waals surface area contributed by atoms with E-state index >= 15 is 0 Å². The molecule has 3 rings (SSSR count). The van der Waals surface area contributed by atoms with Gasteiger partial charge in [-0.25, -0.2) is 9.13 Å². The highest BCUT2D eigenvalue weighted by Crippen LogP contribution is 2.12. The van der Waals surface area contributed by atoms with Crippen molar-refractivity contribution < 1.29 is 4.57 Å². The van der Waals surface area contributed by atoms with E-state index in [9.17, 15) is 0 Å². The number of benzene rings is 2. The first kappa shape index (κ1) is 14.6. The van der Waals surface area contributed by atoms with Crippen molar-refractivity contribution in [3.63, 3.8) is 0 Å². The van der Waals surface area contributed by atoms with Crippen molar-refractivity contribution in [3.8, 4) is 0 Å². The van der Waals surface area contributed by atoms with Crippen LogP contribution in [0.5, 0.6) is 0 Å². The Labute approximate surface area is 132 Å². The molecule has 2 aromatic carbocycles. The molecule has 1 heterocycles. The van der Waals surface area contributed by atoms with Crippen molar-refractivity contribution in [1.82, 2.24) is 4.57 Å². The van der Waals surface area contributed by atoms with Gasteiger partial charge in [-0.15, -0.1) is 0 Å². The molecule has 0 saturated carbocycles. The lowest BCUT2D eigenvalue weighted by Crippen LogP contribution is -2.30. The molecule has 22 heavy (non-hydrogen) atoms. The van der Waals surface area contributed by atoms with Gasteiger partial charge >= 0.3 is 0 Å². The minimum absolute atomic E-state index is 0.859. The molecule has 0 amide bonds. The van der Waals surface area contributed by atoms with Crippen LogP contribution in [0.25, 0.3) is 11.0 Å². The fourth-order valence-electron chi connectivity index (χ4n) is 2.96. The molecule has 2 heteroatoms. The highest BCUT2D eigenvalue weighted by Gasteiger charge is 2.13. The quantitative estimate of drug-likeness (QED) is 0.351. The maximum Gasteiger partial charge on any atom is 0.245 e. The molecule has 0 atom stereocenters. The number of hydrogen-bond acceptors (Lipinski definition) is 0. The van der Waals surface area contributed by atoms with E-state index in [-0.39, 0.29) is 0 Å². The van der Waals surface area contributed by atoms with Crippen molar-refractivity contribution >= 4 is 11.0 Å². The number of fused-ring (bicyclic) bond motifs is 1. The second-order valence-electron chi connectivity index (χ2n) is 5.68. The van der Waals surface area contributed by atoms with Gasteiger partial charge in [0.05, 0.1) is 6.54 Å². The fraction of sp³-hybridized carbons (Fsp3) is 0.250. The molecular formula is C20H23N2+. The van der Waals surface area contributed by atoms with Gasteiger partial charge in [0.15, 0.2) is 11.0 Å². The maximum atomic E-state index is 3.85. The van der Waals surface area contributed by atoms with Crippen LogP contribution in [0.3, 0.4) is 0 Å². The van der Waals surface area contributed by atoms with Gasteiger partial charge in [0, 0.05) is 0 Å². The summed E-state index contributed by atoms with van der Waals surface area (Å²) in [5.74, 6) is 0. The molecule has 0 N–H and O–H groups in total. The second kappa shape index (κ2) is 7.08. The van der Waals surface area contributed by atoms with E-state index in [1.807, 2.05) is 6.08 Å². The zero-order valence-corrected chi connectivity index (χ0v) is 13.0. The molecule has 1 aromatic heterocycles. The molecule has 0 aliphatic rings. The molecular weight excluding hydrogens is 268 g/mol. The van der Waals surface area contributed by atoms with Gasteiger partial charge in [0.25, 0.3) is 0 Å². The molecule has 0 radical (unpaired) electrons. The fourth-order valence-corrected chi connectivity index (χ4v) is 2.96. The van der Waals surface area contributed by atoms with Crippen molar-refractivity contribution in [3.05, 3.63) is 79.1 Å². The highest BCUT2D eigenvalue weighted by molar-refractivity contribution is 5.71. The third kappa shape index (κ3) is 3.28. The summed E-state index contributed by atoms with van der Waals surface area (Å²) in [7, 11) is 0. The van der Waals surface area contributed by atoms with Gasteiger partial charge < -0.3 is 0 Å². The molecule has 112 valence electrons. The topological polar surface area (TPSA) is 8.81 Å². The van der Waals surface area contributed by atoms with Crippen molar-refractivity contribution in [1.29, 1.82) is 0 Å². The normalized spacial score (nSPS) is 10.9. The summed E-state index contributed by atoms with van der Waals surface area (Å²) in [5, 5.41) is 0. The van der Waals surface area contributed by atoms with Crippen LogP contribution in [0.2, 0.25) is 0 Å². The summed E-state index contributed by atoms with van der Waals surface area (Å²) in [6.07, 6.45) is 7.74. The first-order valence-electron chi connectivity index (χ1n) is 8.00. The van der Waals surface area contributed by atoms with E-state index in [2.05, 4.69) is 76.6 Å². The van der Waals surface area contributed by atoms with Gasteiger partial charge in [-0.1, -0.05) is 55.1 Å². The summed E-state index contributed by atoms with van der Waals surface area (Å²) < 4.78 is 4.63. The Morgan fingerprint density at radius 3 is 2.55 bits per heavy atom. The third-order valence-corrected chi connectivity index (χ3v) is 4.06. The predicted molar refractivity (Wildman–Crippen MR) is 91.7 cm³/mol. The molecule has 0 aliphatic carbocycles. The Morgan fingerprint density at radius 1 is 0.955 bits per heavy atom. The molecule has 0 spiro atoms. The van der Waals surface area contributed by atoms with Crippen molar-refractivity contribution in [2.75, 3.05) is 0 Å². The Hall–Kier alpha value is -2.35. The average molecular weight is 291 g/mol. The minimum atomic E-state index is 0.859. The van der Waals surface area contributed by atoms with Gasteiger partial charge in [-0.05, 0) is 37.0 Å². The van der Waals surface area contributed by atoms with E-state index in [0.29, 0.717) is 0 Å². The molecule has 0 saturated heterocycles. The first-order valence-corrected chi connectivity index (χ1v) is 8.00. The Kier molecular flexibility index (Phi) is 4.69. The molecule has 0 fully saturated rings. The third-order valence-electron chi connectivity index (χ3n) is 4.06. The summed E-state index contributed by atoms with van der Waals surface area (Å²) in [6.45, 7) is 5.78. The largest absolute Gasteiger partial charge is 0.245 e. The van der Waals surface area contributed by atoms with Gasteiger partial charge in [-0.3, -0.25) is 0 Å².